The molecule has 0 amide bonds. The van der Waals surface area contributed by atoms with Crippen molar-refractivity contribution in [1.82, 2.24) is 0 Å². The van der Waals surface area contributed by atoms with Gasteiger partial charge in [-0.3, -0.25) is 9.59 Å². The van der Waals surface area contributed by atoms with E-state index in [1.54, 1.807) is 18.2 Å². The van der Waals surface area contributed by atoms with Crippen LogP contribution in [0.15, 0.2) is 36.1 Å². The molecule has 0 saturated heterocycles. The smallest absolute Gasteiger partial charge is 0.228 e. The minimum Gasteiger partial charge on any atom is -0.504 e. The summed E-state index contributed by atoms with van der Waals surface area (Å²) < 4.78 is 9.97. The number of phenols is 1. The lowest BCUT2D eigenvalue weighted by Gasteiger charge is -2.17. The molecule has 0 bridgehead atoms. The van der Waals surface area contributed by atoms with Gasteiger partial charge in [0.2, 0.25) is 5.78 Å². The van der Waals surface area contributed by atoms with Crippen LogP contribution in [0.1, 0.15) is 20.7 Å². The molecule has 1 N–H and O–H groups in total. The van der Waals surface area contributed by atoms with Crippen LogP contribution in [0, 0.1) is 0 Å². The van der Waals surface area contributed by atoms with Gasteiger partial charge in [0.25, 0.3) is 0 Å². The van der Waals surface area contributed by atoms with Crippen molar-refractivity contribution >= 4 is 22.3 Å². The Morgan fingerprint density at radius 1 is 0.952 bits per heavy atom. The molecule has 0 unspecified atom stereocenters. The Bertz CT molecular complexity index is 817. The number of aromatic hydroxyl groups is 1. The maximum absolute atomic E-state index is 12.3. The number of carbonyl (C=O) groups excluding carboxylic acids is 2. The van der Waals surface area contributed by atoms with E-state index in [2.05, 4.69) is 0 Å². The lowest BCUT2D eigenvalue weighted by molar-refractivity contribution is 0.0917. The highest BCUT2D eigenvalue weighted by Gasteiger charge is 2.28. The van der Waals surface area contributed by atoms with Crippen LogP contribution in [0.3, 0.4) is 0 Å². The number of carbonyl (C=O) groups is 2. The Labute approximate surface area is 120 Å². The summed E-state index contributed by atoms with van der Waals surface area (Å²) in [5.74, 6) is -0.393. The molecule has 0 radical (unpaired) electrons. The molecule has 0 spiro atoms. The molecular formula is C16H12O5. The SMILES string of the molecule is COC1=CC(=O)c2c(ccc3c(O)c(OC)ccc23)C1=O. The van der Waals surface area contributed by atoms with E-state index >= 15 is 0 Å². The van der Waals surface area contributed by atoms with E-state index in [1.807, 2.05) is 0 Å². The minimum absolute atomic E-state index is 0.0181. The third kappa shape index (κ3) is 1.78. The van der Waals surface area contributed by atoms with Crippen molar-refractivity contribution in [3.63, 3.8) is 0 Å². The van der Waals surface area contributed by atoms with E-state index in [4.69, 9.17) is 9.47 Å². The molecule has 1 aliphatic rings. The van der Waals surface area contributed by atoms with E-state index < -0.39 is 0 Å². The Morgan fingerprint density at radius 2 is 1.67 bits per heavy atom. The van der Waals surface area contributed by atoms with Crippen molar-refractivity contribution in [3.05, 3.63) is 47.2 Å². The van der Waals surface area contributed by atoms with E-state index in [0.717, 1.165) is 0 Å². The maximum atomic E-state index is 12.3. The fourth-order valence-corrected chi connectivity index (χ4v) is 2.53. The molecule has 2 aromatic carbocycles. The Balaban J connectivity index is 2.35. The number of ether oxygens (including phenoxy) is 2. The van der Waals surface area contributed by atoms with E-state index in [1.165, 1.54) is 26.4 Å². The highest BCUT2D eigenvalue weighted by Crippen LogP contribution is 2.38. The average Bonchev–Trinajstić information content (AvgIpc) is 2.50. The highest BCUT2D eigenvalue weighted by atomic mass is 16.5. The molecule has 106 valence electrons. The maximum Gasteiger partial charge on any atom is 0.228 e. The van der Waals surface area contributed by atoms with Gasteiger partial charge in [0.15, 0.2) is 23.0 Å². The van der Waals surface area contributed by atoms with E-state index in [-0.39, 0.29) is 34.2 Å². The summed E-state index contributed by atoms with van der Waals surface area (Å²) in [6.07, 6.45) is 1.17. The zero-order valence-corrected chi connectivity index (χ0v) is 11.5. The van der Waals surface area contributed by atoms with Gasteiger partial charge >= 0.3 is 0 Å². The molecule has 0 heterocycles. The Hall–Kier alpha value is -2.82. The molecule has 5 nitrogen and oxygen atoms in total. The second-order valence-electron chi connectivity index (χ2n) is 4.61. The Kier molecular flexibility index (Phi) is 2.90. The molecule has 0 saturated carbocycles. The van der Waals surface area contributed by atoms with Crippen LogP contribution in [0.5, 0.6) is 11.5 Å². The van der Waals surface area contributed by atoms with Crippen LogP contribution in [0.4, 0.5) is 0 Å². The second kappa shape index (κ2) is 4.63. The first-order valence-electron chi connectivity index (χ1n) is 6.26. The van der Waals surface area contributed by atoms with Gasteiger partial charge in [-0.25, -0.2) is 0 Å². The largest absolute Gasteiger partial charge is 0.504 e. The second-order valence-corrected chi connectivity index (χ2v) is 4.61. The molecular weight excluding hydrogens is 272 g/mol. The van der Waals surface area contributed by atoms with Gasteiger partial charge in [0, 0.05) is 22.6 Å². The number of fused-ring (bicyclic) bond motifs is 3. The number of ketones is 2. The summed E-state index contributed by atoms with van der Waals surface area (Å²) >= 11 is 0. The van der Waals surface area contributed by atoms with Gasteiger partial charge in [0.1, 0.15) is 0 Å². The molecule has 5 heteroatoms. The van der Waals surface area contributed by atoms with E-state index in [0.29, 0.717) is 16.5 Å². The van der Waals surface area contributed by atoms with Crippen LogP contribution < -0.4 is 4.74 Å². The number of methoxy groups -OCH3 is 2. The van der Waals surface area contributed by atoms with Gasteiger partial charge in [-0.15, -0.1) is 0 Å². The minimum atomic E-state index is -0.343. The van der Waals surface area contributed by atoms with Gasteiger partial charge in [-0.05, 0) is 29.7 Å². The zero-order chi connectivity index (χ0) is 15.1. The number of benzene rings is 2. The number of hydrogen-bond acceptors (Lipinski definition) is 5. The summed E-state index contributed by atoms with van der Waals surface area (Å²) in [4.78, 5) is 24.5. The summed E-state index contributed by atoms with van der Waals surface area (Å²) in [6, 6.07) is 6.33. The number of allylic oxidation sites excluding steroid dienone is 2. The number of hydrogen-bond donors (Lipinski definition) is 1. The van der Waals surface area contributed by atoms with E-state index in [9.17, 15) is 14.7 Å². The third-order valence-corrected chi connectivity index (χ3v) is 3.55. The summed E-state index contributed by atoms with van der Waals surface area (Å²) in [7, 11) is 2.79. The van der Waals surface area contributed by atoms with Gasteiger partial charge in [0.05, 0.1) is 14.2 Å². The number of phenolic OH excluding ortho intramolecular Hbond substituents is 1. The van der Waals surface area contributed by atoms with Crippen molar-refractivity contribution in [2.75, 3.05) is 14.2 Å². The van der Waals surface area contributed by atoms with Crippen molar-refractivity contribution in [3.8, 4) is 11.5 Å². The highest BCUT2D eigenvalue weighted by molar-refractivity contribution is 6.28. The quantitative estimate of drug-likeness (QED) is 0.917. The summed E-state index contributed by atoms with van der Waals surface area (Å²) in [5, 5.41) is 11.1. The lowest BCUT2D eigenvalue weighted by atomic mass is 9.88. The van der Waals surface area contributed by atoms with Gasteiger partial charge < -0.3 is 14.6 Å². The van der Waals surface area contributed by atoms with Gasteiger partial charge in [-0.2, -0.15) is 0 Å². The molecule has 0 aromatic heterocycles. The predicted molar refractivity (Wildman–Crippen MR) is 75.9 cm³/mol. The summed E-state index contributed by atoms with van der Waals surface area (Å²) in [5.41, 5.74) is 0.549. The van der Waals surface area contributed by atoms with Crippen LogP contribution in [-0.2, 0) is 4.74 Å². The molecule has 21 heavy (non-hydrogen) atoms. The fraction of sp³-hybridized carbons (Fsp3) is 0.125. The fourth-order valence-electron chi connectivity index (χ4n) is 2.53. The van der Waals surface area contributed by atoms with Crippen molar-refractivity contribution in [1.29, 1.82) is 0 Å². The monoisotopic (exact) mass is 284 g/mol. The van der Waals surface area contributed by atoms with Crippen molar-refractivity contribution in [2.24, 2.45) is 0 Å². The Morgan fingerprint density at radius 3 is 2.33 bits per heavy atom. The first kappa shape index (κ1) is 13.2. The summed E-state index contributed by atoms with van der Waals surface area (Å²) in [6.45, 7) is 0. The van der Waals surface area contributed by atoms with Crippen LogP contribution in [-0.4, -0.2) is 30.9 Å². The number of Topliss-reactive ketones (excluding diaryl/α,β-unsaturated/α-hetero) is 1. The van der Waals surface area contributed by atoms with Crippen molar-refractivity contribution in [2.45, 2.75) is 0 Å². The molecule has 1 aliphatic carbocycles. The molecule has 2 aromatic rings. The first-order valence-corrected chi connectivity index (χ1v) is 6.26. The topological polar surface area (TPSA) is 72.8 Å². The predicted octanol–water partition coefficient (Wildman–Crippen LogP) is 2.46. The molecule has 0 aliphatic heterocycles. The first-order chi connectivity index (χ1) is 10.1. The zero-order valence-electron chi connectivity index (χ0n) is 11.5. The van der Waals surface area contributed by atoms with Crippen LogP contribution in [0.2, 0.25) is 0 Å². The van der Waals surface area contributed by atoms with Crippen molar-refractivity contribution < 1.29 is 24.2 Å². The number of rotatable bonds is 2. The third-order valence-electron chi connectivity index (χ3n) is 3.55. The van der Waals surface area contributed by atoms with Gasteiger partial charge in [-0.1, -0.05) is 0 Å². The average molecular weight is 284 g/mol. The molecule has 3 rings (SSSR count). The van der Waals surface area contributed by atoms with Crippen LogP contribution >= 0.6 is 0 Å². The standard InChI is InChI=1S/C16H12O5/c1-20-12-6-5-8-9(15(12)18)3-4-10-14(8)11(17)7-13(21-2)16(10)19/h3-7,18H,1-2H3. The molecule has 0 atom stereocenters. The lowest BCUT2D eigenvalue weighted by Crippen LogP contribution is -2.18. The molecule has 0 fully saturated rings. The normalized spacial score (nSPS) is 13.9. The van der Waals surface area contributed by atoms with Crippen LogP contribution in [0.25, 0.3) is 10.8 Å².